The number of hydrogen-bond acceptors (Lipinski definition) is 8. The van der Waals surface area contributed by atoms with Crippen molar-refractivity contribution in [1.82, 2.24) is 20.0 Å². The second-order valence-corrected chi connectivity index (χ2v) is 8.62. The molecule has 0 bridgehead atoms. The molecule has 2 N–H and O–H groups in total. The van der Waals surface area contributed by atoms with Crippen LogP contribution in [0.4, 0.5) is 33.3 Å². The molecule has 0 saturated carbocycles. The normalized spacial score (nSPS) is 14.2. The molecule has 0 unspecified atom stereocenters. The molecule has 1 aliphatic rings. The molecule has 1 saturated heterocycles. The van der Waals surface area contributed by atoms with Gasteiger partial charge >= 0.3 is 0 Å². The van der Waals surface area contributed by atoms with E-state index in [0.717, 1.165) is 47.9 Å². The molecular weight excluding hydrogens is 441 g/mol. The van der Waals surface area contributed by atoms with Crippen molar-refractivity contribution in [2.75, 3.05) is 41.8 Å². The van der Waals surface area contributed by atoms with E-state index in [2.05, 4.69) is 37.7 Å². The Morgan fingerprint density at radius 2 is 1.76 bits per heavy atom. The summed E-state index contributed by atoms with van der Waals surface area (Å²) in [6, 6.07) is 15.6. The molecule has 33 heavy (non-hydrogen) atoms. The Morgan fingerprint density at radius 3 is 2.61 bits per heavy atom. The lowest BCUT2D eigenvalue weighted by atomic mass is 10.2. The van der Waals surface area contributed by atoms with Gasteiger partial charge in [0.2, 0.25) is 5.95 Å². The van der Waals surface area contributed by atoms with Gasteiger partial charge in [0.05, 0.1) is 29.6 Å². The fourth-order valence-corrected chi connectivity index (χ4v) is 4.70. The number of ether oxygens (including phenoxy) is 1. The van der Waals surface area contributed by atoms with E-state index in [-0.39, 0.29) is 0 Å². The van der Waals surface area contributed by atoms with Crippen LogP contribution in [0.5, 0.6) is 0 Å². The minimum absolute atomic E-state index is 0.369. The number of morpholine rings is 1. The molecule has 166 valence electrons. The van der Waals surface area contributed by atoms with Crippen LogP contribution in [-0.2, 0) is 4.74 Å². The predicted molar refractivity (Wildman–Crippen MR) is 130 cm³/mol. The van der Waals surface area contributed by atoms with Gasteiger partial charge in [0, 0.05) is 35.5 Å². The van der Waals surface area contributed by atoms with Gasteiger partial charge in [-0.3, -0.25) is 0 Å². The van der Waals surface area contributed by atoms with Gasteiger partial charge < -0.3 is 20.3 Å². The van der Waals surface area contributed by atoms with E-state index in [1.807, 2.05) is 29.6 Å². The summed E-state index contributed by atoms with van der Waals surface area (Å²) in [5.41, 5.74) is 4.15. The van der Waals surface area contributed by atoms with Crippen LogP contribution in [0.3, 0.4) is 0 Å². The lowest BCUT2D eigenvalue weighted by molar-refractivity contribution is 0.122. The Balaban J connectivity index is 1.26. The fourth-order valence-electron chi connectivity index (χ4n) is 3.93. The van der Waals surface area contributed by atoms with Crippen molar-refractivity contribution in [2.45, 2.75) is 0 Å². The van der Waals surface area contributed by atoms with Crippen molar-refractivity contribution >= 4 is 61.3 Å². The van der Waals surface area contributed by atoms with Crippen molar-refractivity contribution in [3.05, 3.63) is 60.1 Å². The zero-order valence-corrected chi connectivity index (χ0v) is 18.3. The first-order valence-electron chi connectivity index (χ1n) is 10.6. The Hall–Kier alpha value is -3.76. The number of aromatic nitrogens is 4. The second-order valence-electron chi connectivity index (χ2n) is 7.71. The monoisotopic (exact) mass is 461 g/mol. The molecule has 6 rings (SSSR count). The summed E-state index contributed by atoms with van der Waals surface area (Å²) in [5.74, 6) is 1.19. The summed E-state index contributed by atoms with van der Waals surface area (Å²) in [7, 11) is 0. The van der Waals surface area contributed by atoms with Gasteiger partial charge in [-0.25, -0.2) is 4.98 Å². The number of nitrogens with zero attached hydrogens (tertiary/aromatic N) is 5. The standard InChI is InChI=1S/C23H20FN7OS/c24-31-20-6-3-17(13-15(20)14-25-31)26-22-21-19(7-12-33-21)28-23(29-22)27-16-1-4-18(5-2-16)30-8-10-32-11-9-30/h1-7,12-14H,8-11H2,(H2,26,27,28,29). The molecule has 1 fully saturated rings. The minimum Gasteiger partial charge on any atom is -0.378 e. The van der Waals surface area contributed by atoms with Crippen molar-refractivity contribution in [3.8, 4) is 0 Å². The zero-order chi connectivity index (χ0) is 22.2. The second kappa shape index (κ2) is 8.30. The van der Waals surface area contributed by atoms with Gasteiger partial charge in [-0.15, -0.1) is 16.4 Å². The van der Waals surface area contributed by atoms with Crippen LogP contribution in [0.2, 0.25) is 0 Å². The largest absolute Gasteiger partial charge is 0.378 e. The molecule has 0 amide bonds. The maximum absolute atomic E-state index is 13.6. The maximum atomic E-state index is 13.6. The van der Waals surface area contributed by atoms with Gasteiger partial charge in [-0.1, -0.05) is 9.39 Å². The van der Waals surface area contributed by atoms with E-state index in [9.17, 15) is 4.48 Å². The van der Waals surface area contributed by atoms with Gasteiger partial charge in [0.25, 0.3) is 0 Å². The Kier molecular flexibility index (Phi) is 5.00. The molecular formula is C23H20FN7OS. The molecule has 0 radical (unpaired) electrons. The third-order valence-electron chi connectivity index (χ3n) is 5.59. The average Bonchev–Trinajstić information content (AvgIpc) is 3.47. The highest BCUT2D eigenvalue weighted by molar-refractivity contribution is 7.17. The molecule has 0 aliphatic carbocycles. The van der Waals surface area contributed by atoms with Gasteiger partial charge in [0.15, 0.2) is 5.82 Å². The number of hydrogen-bond donors (Lipinski definition) is 2. The number of rotatable bonds is 5. The van der Waals surface area contributed by atoms with Gasteiger partial charge in [-0.2, -0.15) is 4.98 Å². The number of thiophene rings is 1. The maximum Gasteiger partial charge on any atom is 0.229 e. The third-order valence-corrected chi connectivity index (χ3v) is 6.50. The summed E-state index contributed by atoms with van der Waals surface area (Å²) in [4.78, 5) is 12.1. The summed E-state index contributed by atoms with van der Waals surface area (Å²) in [6.07, 6.45) is 1.49. The molecule has 0 atom stereocenters. The number of benzene rings is 2. The Morgan fingerprint density at radius 1 is 0.939 bits per heavy atom. The van der Waals surface area contributed by atoms with Crippen LogP contribution in [0.1, 0.15) is 0 Å². The molecule has 1 aliphatic heterocycles. The van der Waals surface area contributed by atoms with Crippen molar-refractivity contribution in [3.63, 3.8) is 0 Å². The van der Waals surface area contributed by atoms with E-state index in [0.29, 0.717) is 27.6 Å². The van der Waals surface area contributed by atoms with Crippen LogP contribution in [0.15, 0.2) is 60.1 Å². The Bertz CT molecular complexity index is 1430. The highest BCUT2D eigenvalue weighted by atomic mass is 32.1. The number of fused-ring (bicyclic) bond motifs is 2. The first-order chi connectivity index (χ1) is 16.2. The highest BCUT2D eigenvalue weighted by Gasteiger charge is 2.13. The average molecular weight is 462 g/mol. The smallest absolute Gasteiger partial charge is 0.229 e. The molecule has 5 aromatic rings. The summed E-state index contributed by atoms with van der Waals surface area (Å²) in [5, 5.41) is 13.0. The quantitative estimate of drug-likeness (QED) is 0.377. The fraction of sp³-hybridized carbons (Fsp3) is 0.174. The number of anilines is 5. The van der Waals surface area contributed by atoms with Crippen molar-refractivity contribution in [1.29, 1.82) is 0 Å². The summed E-state index contributed by atoms with van der Waals surface area (Å²) >= 11 is 1.57. The molecule has 8 nitrogen and oxygen atoms in total. The molecule has 2 aromatic carbocycles. The van der Waals surface area contributed by atoms with E-state index >= 15 is 0 Å². The number of nitrogens with one attached hydrogen (secondary N) is 2. The summed E-state index contributed by atoms with van der Waals surface area (Å²) < 4.78 is 20.0. The zero-order valence-electron chi connectivity index (χ0n) is 17.5. The minimum atomic E-state index is 0.369. The first kappa shape index (κ1) is 19.9. The molecule has 10 heteroatoms. The Labute approximate surface area is 192 Å². The predicted octanol–water partition coefficient (Wildman–Crippen LogP) is 5.10. The van der Waals surface area contributed by atoms with Crippen LogP contribution in [0, 0.1) is 0 Å². The molecule has 3 aromatic heterocycles. The summed E-state index contributed by atoms with van der Waals surface area (Å²) in [6.45, 7) is 3.32. The van der Waals surface area contributed by atoms with Crippen molar-refractivity contribution < 1.29 is 9.22 Å². The van der Waals surface area contributed by atoms with E-state index in [4.69, 9.17) is 9.72 Å². The van der Waals surface area contributed by atoms with E-state index < -0.39 is 0 Å². The number of halogens is 1. The topological polar surface area (TPSA) is 80.1 Å². The van der Waals surface area contributed by atoms with Crippen molar-refractivity contribution in [2.24, 2.45) is 0 Å². The van der Waals surface area contributed by atoms with Crippen LogP contribution in [0.25, 0.3) is 21.1 Å². The molecule has 0 spiro atoms. The van der Waals surface area contributed by atoms with Crippen LogP contribution < -0.4 is 15.5 Å². The first-order valence-corrected chi connectivity index (χ1v) is 11.5. The van der Waals surface area contributed by atoms with Gasteiger partial charge in [0.1, 0.15) is 5.52 Å². The lowest BCUT2D eigenvalue weighted by Crippen LogP contribution is -2.36. The van der Waals surface area contributed by atoms with Crippen LogP contribution >= 0.6 is 11.3 Å². The lowest BCUT2D eigenvalue weighted by Gasteiger charge is -2.28. The highest BCUT2D eigenvalue weighted by Crippen LogP contribution is 2.31. The SMILES string of the molecule is Fn1ncc2cc(Nc3nc(Nc4ccc(N5CCOCC5)cc4)nc4ccsc34)ccc21. The molecule has 4 heterocycles. The van der Waals surface area contributed by atoms with Gasteiger partial charge in [-0.05, 0) is 53.9 Å². The third kappa shape index (κ3) is 3.94. The van der Waals surface area contributed by atoms with E-state index in [1.54, 1.807) is 23.5 Å². The van der Waals surface area contributed by atoms with E-state index in [1.165, 1.54) is 11.9 Å². The van der Waals surface area contributed by atoms with Crippen LogP contribution in [-0.4, -0.2) is 46.3 Å².